The number of para-hydroxylation sites is 1. The summed E-state index contributed by atoms with van der Waals surface area (Å²) < 4.78 is 7.08. The number of amides is 1. The Kier molecular flexibility index (Phi) is 5.12. The minimum atomic E-state index is -0.545. The second-order valence-electron chi connectivity index (χ2n) is 7.46. The van der Waals surface area contributed by atoms with Gasteiger partial charge < -0.3 is 14.6 Å². The number of aromatic nitrogens is 1. The molecule has 0 spiro atoms. The predicted octanol–water partition coefficient (Wildman–Crippen LogP) is 4.03. The van der Waals surface area contributed by atoms with Gasteiger partial charge in [-0.25, -0.2) is 4.79 Å². The number of nitrogens with zero attached hydrogens (tertiary/aromatic N) is 2. The lowest BCUT2D eigenvalue weighted by Gasteiger charge is -2.17. The quantitative estimate of drug-likeness (QED) is 0.662. The zero-order valence-corrected chi connectivity index (χ0v) is 17.1. The van der Waals surface area contributed by atoms with Crippen LogP contribution in [0.2, 0.25) is 0 Å². The number of carbonyl (C=O) groups is 2. The van der Waals surface area contributed by atoms with E-state index in [2.05, 4.69) is 18.3 Å². The van der Waals surface area contributed by atoms with Crippen LogP contribution < -0.4 is 5.32 Å². The van der Waals surface area contributed by atoms with Gasteiger partial charge in [0.1, 0.15) is 11.1 Å². The van der Waals surface area contributed by atoms with E-state index in [1.165, 1.54) is 16.2 Å². The number of nitriles is 1. The lowest BCUT2D eigenvalue weighted by Crippen LogP contribution is -2.20. The molecule has 148 valence electrons. The van der Waals surface area contributed by atoms with Gasteiger partial charge in [-0.2, -0.15) is 5.26 Å². The van der Waals surface area contributed by atoms with Crippen LogP contribution in [-0.4, -0.2) is 23.1 Å². The maximum Gasteiger partial charge on any atom is 0.340 e. The third kappa shape index (κ3) is 3.64. The zero-order chi connectivity index (χ0) is 20.5. The maximum atomic E-state index is 12.5. The fourth-order valence-corrected chi connectivity index (χ4v) is 5.21. The number of esters is 1. The Morgan fingerprint density at radius 3 is 2.97 bits per heavy atom. The van der Waals surface area contributed by atoms with Crippen LogP contribution in [0.4, 0.5) is 5.00 Å². The number of carbonyl (C=O) groups excluding carboxylic acids is 2. The minimum Gasteiger partial charge on any atom is -0.452 e. The van der Waals surface area contributed by atoms with Crippen LogP contribution in [0.5, 0.6) is 0 Å². The van der Waals surface area contributed by atoms with Crippen molar-refractivity contribution in [2.24, 2.45) is 13.0 Å². The summed E-state index contributed by atoms with van der Waals surface area (Å²) in [5.74, 6) is -0.406. The van der Waals surface area contributed by atoms with E-state index >= 15 is 0 Å². The highest BCUT2D eigenvalue weighted by atomic mass is 32.1. The first-order valence-corrected chi connectivity index (χ1v) is 10.3. The van der Waals surface area contributed by atoms with Crippen molar-refractivity contribution in [2.75, 3.05) is 11.9 Å². The molecule has 2 heterocycles. The molecule has 0 saturated carbocycles. The molecule has 29 heavy (non-hydrogen) atoms. The Bertz CT molecular complexity index is 1150. The monoisotopic (exact) mass is 407 g/mol. The van der Waals surface area contributed by atoms with E-state index in [1.807, 2.05) is 35.9 Å². The SMILES string of the molecule is C[C@@H]1CCc2c(sc(NC(=O)COC(=O)c3cn(C)c4ccccc34)c2C#N)C1. The highest BCUT2D eigenvalue weighted by Gasteiger charge is 2.25. The summed E-state index contributed by atoms with van der Waals surface area (Å²) in [5.41, 5.74) is 2.94. The second-order valence-corrected chi connectivity index (χ2v) is 8.57. The molecule has 0 fully saturated rings. The van der Waals surface area contributed by atoms with Crippen LogP contribution in [-0.2, 0) is 29.4 Å². The van der Waals surface area contributed by atoms with Gasteiger partial charge in [-0.05, 0) is 36.8 Å². The number of ether oxygens (including phenoxy) is 1. The second kappa shape index (κ2) is 7.72. The highest BCUT2D eigenvalue weighted by molar-refractivity contribution is 7.16. The van der Waals surface area contributed by atoms with E-state index in [0.717, 1.165) is 35.7 Å². The van der Waals surface area contributed by atoms with Crippen LogP contribution in [0.25, 0.3) is 10.9 Å². The van der Waals surface area contributed by atoms with Gasteiger partial charge in [0.2, 0.25) is 0 Å². The van der Waals surface area contributed by atoms with E-state index < -0.39 is 18.5 Å². The van der Waals surface area contributed by atoms with E-state index in [0.29, 0.717) is 22.0 Å². The molecule has 0 aliphatic heterocycles. The molecular weight excluding hydrogens is 386 g/mol. The fraction of sp³-hybridized carbons (Fsp3) is 0.318. The first-order chi connectivity index (χ1) is 14.0. The summed E-state index contributed by atoms with van der Waals surface area (Å²) in [7, 11) is 1.86. The van der Waals surface area contributed by atoms with E-state index in [9.17, 15) is 14.9 Å². The summed E-state index contributed by atoms with van der Waals surface area (Å²) in [5, 5.41) is 13.6. The van der Waals surface area contributed by atoms with Gasteiger partial charge in [-0.15, -0.1) is 11.3 Å². The van der Waals surface area contributed by atoms with Crippen molar-refractivity contribution in [1.82, 2.24) is 4.57 Å². The summed E-state index contributed by atoms with van der Waals surface area (Å²) in [6, 6.07) is 9.75. The molecule has 1 N–H and O–H groups in total. The normalized spacial score (nSPS) is 15.6. The van der Waals surface area contributed by atoms with Crippen LogP contribution in [0.15, 0.2) is 30.5 Å². The molecule has 0 unspecified atom stereocenters. The van der Waals surface area contributed by atoms with Crippen molar-refractivity contribution in [3.8, 4) is 6.07 Å². The van der Waals surface area contributed by atoms with Gasteiger partial charge >= 0.3 is 5.97 Å². The maximum absolute atomic E-state index is 12.5. The Morgan fingerprint density at radius 1 is 1.38 bits per heavy atom. The van der Waals surface area contributed by atoms with Crippen LogP contribution in [0.3, 0.4) is 0 Å². The molecule has 4 rings (SSSR count). The van der Waals surface area contributed by atoms with Crippen molar-refractivity contribution in [2.45, 2.75) is 26.2 Å². The van der Waals surface area contributed by atoms with Gasteiger partial charge in [-0.3, -0.25) is 4.79 Å². The summed E-state index contributed by atoms with van der Waals surface area (Å²) in [6.45, 7) is 1.80. The van der Waals surface area contributed by atoms with Crippen molar-refractivity contribution in [3.63, 3.8) is 0 Å². The van der Waals surface area contributed by atoms with Crippen LogP contribution >= 0.6 is 11.3 Å². The average Bonchev–Trinajstić information content (AvgIpc) is 3.23. The molecule has 0 bridgehead atoms. The standard InChI is InChI=1S/C22H21N3O3S/c1-13-7-8-15-16(10-23)21(29-19(15)9-13)24-20(26)12-28-22(27)17-11-25(2)18-6-4-3-5-14(17)18/h3-6,11,13H,7-9,12H2,1-2H3,(H,24,26)/t13-/m1/s1. The molecule has 1 aliphatic carbocycles. The van der Waals surface area contributed by atoms with Crippen LogP contribution in [0, 0.1) is 17.2 Å². The van der Waals surface area contributed by atoms with Gasteiger partial charge in [0.05, 0.1) is 11.1 Å². The first-order valence-electron chi connectivity index (χ1n) is 9.53. The summed E-state index contributed by atoms with van der Waals surface area (Å²) in [6.07, 6.45) is 4.55. The number of benzene rings is 1. The number of thiophene rings is 1. The van der Waals surface area contributed by atoms with Gasteiger partial charge in [0.15, 0.2) is 6.61 Å². The zero-order valence-electron chi connectivity index (χ0n) is 16.3. The van der Waals surface area contributed by atoms with Gasteiger partial charge in [-0.1, -0.05) is 25.1 Å². The van der Waals surface area contributed by atoms with Gasteiger partial charge in [0.25, 0.3) is 5.91 Å². The van der Waals surface area contributed by atoms with Crippen molar-refractivity contribution in [1.29, 1.82) is 5.26 Å². The third-order valence-electron chi connectivity index (χ3n) is 5.33. The molecule has 1 aliphatic rings. The lowest BCUT2D eigenvalue weighted by molar-refractivity contribution is -0.119. The molecule has 2 aromatic heterocycles. The number of aryl methyl sites for hydroxylation is 1. The number of hydrogen-bond acceptors (Lipinski definition) is 5. The number of anilines is 1. The topological polar surface area (TPSA) is 84.1 Å². The molecule has 1 amide bonds. The first kappa shape index (κ1) is 19.2. The predicted molar refractivity (Wildman–Crippen MR) is 112 cm³/mol. The van der Waals surface area contributed by atoms with Gasteiger partial charge in [0, 0.05) is 29.0 Å². The molecule has 7 heteroatoms. The highest BCUT2D eigenvalue weighted by Crippen LogP contribution is 2.39. The molecule has 1 aromatic carbocycles. The molecule has 6 nitrogen and oxygen atoms in total. The molecule has 0 radical (unpaired) electrons. The Morgan fingerprint density at radius 2 is 2.17 bits per heavy atom. The van der Waals surface area contributed by atoms with E-state index in [1.54, 1.807) is 6.20 Å². The number of nitrogens with one attached hydrogen (secondary N) is 1. The smallest absolute Gasteiger partial charge is 0.340 e. The Hall–Kier alpha value is -3.11. The van der Waals surface area contributed by atoms with Crippen LogP contribution in [0.1, 0.15) is 39.7 Å². The summed E-state index contributed by atoms with van der Waals surface area (Å²) in [4.78, 5) is 26.0. The van der Waals surface area contributed by atoms with Crippen molar-refractivity contribution >= 4 is 39.1 Å². The molecule has 0 saturated heterocycles. The van der Waals surface area contributed by atoms with E-state index in [4.69, 9.17) is 4.74 Å². The number of rotatable bonds is 4. The lowest BCUT2D eigenvalue weighted by atomic mass is 9.89. The largest absolute Gasteiger partial charge is 0.452 e. The van der Waals surface area contributed by atoms with Crippen molar-refractivity contribution in [3.05, 3.63) is 52.0 Å². The molecular formula is C22H21N3O3S. The van der Waals surface area contributed by atoms with E-state index in [-0.39, 0.29) is 0 Å². The van der Waals surface area contributed by atoms with Crippen molar-refractivity contribution < 1.29 is 14.3 Å². The summed E-state index contributed by atoms with van der Waals surface area (Å²) >= 11 is 1.46. The average molecular weight is 407 g/mol. The molecule has 3 aromatic rings. The molecule has 1 atom stereocenters. The number of hydrogen-bond donors (Lipinski definition) is 1. The number of fused-ring (bicyclic) bond motifs is 2. The minimum absolute atomic E-state index is 0.397. The Balaban J connectivity index is 1.44. The fourth-order valence-electron chi connectivity index (χ4n) is 3.83. The third-order valence-corrected chi connectivity index (χ3v) is 6.50. The Labute approximate surface area is 172 Å².